The highest BCUT2D eigenvalue weighted by atomic mass is 79.9. The van der Waals surface area contributed by atoms with Gasteiger partial charge in [0.1, 0.15) is 0 Å². The van der Waals surface area contributed by atoms with Crippen molar-refractivity contribution in [3.63, 3.8) is 0 Å². The van der Waals surface area contributed by atoms with Crippen LogP contribution in [-0.2, 0) is 4.79 Å². The lowest BCUT2D eigenvalue weighted by molar-refractivity contribution is -0.122. The van der Waals surface area contributed by atoms with Crippen LogP contribution in [0.5, 0.6) is 0 Å². The molecule has 1 heterocycles. The molecule has 0 aromatic heterocycles. The first kappa shape index (κ1) is 13.6. The topological polar surface area (TPSA) is 32.3 Å². The van der Waals surface area contributed by atoms with Crippen LogP contribution in [0.15, 0.2) is 22.7 Å². The normalized spacial score (nSPS) is 23.3. The third-order valence-corrected chi connectivity index (χ3v) is 3.74. The zero-order chi connectivity index (χ0) is 13.5. The molecule has 1 unspecified atom stereocenters. The van der Waals surface area contributed by atoms with Crippen LogP contribution in [0.25, 0.3) is 0 Å². The van der Waals surface area contributed by atoms with E-state index < -0.39 is 0 Å². The molecule has 18 heavy (non-hydrogen) atoms. The number of amides is 1. The number of carbonyl (C=O) groups excluding carboxylic acids is 1. The van der Waals surface area contributed by atoms with Crippen molar-refractivity contribution in [1.29, 1.82) is 0 Å². The number of aryl methyl sites for hydroxylation is 1. The van der Waals surface area contributed by atoms with Gasteiger partial charge in [-0.15, -0.1) is 0 Å². The standard InChI is InChI=1S/C14H19BrN2O/c1-9-7-11(15)5-6-12(9)17-8-14(3,4)16-10(2)13(17)18/h5-7,10,16H,8H2,1-4H3. The van der Waals surface area contributed by atoms with Crippen LogP contribution < -0.4 is 10.2 Å². The van der Waals surface area contributed by atoms with Crippen LogP contribution in [0.2, 0.25) is 0 Å². The number of anilines is 1. The minimum absolute atomic E-state index is 0.0627. The summed E-state index contributed by atoms with van der Waals surface area (Å²) in [5.41, 5.74) is 2.06. The number of hydrogen-bond acceptors (Lipinski definition) is 2. The summed E-state index contributed by atoms with van der Waals surface area (Å²) in [4.78, 5) is 14.2. The Kier molecular flexibility index (Phi) is 3.52. The van der Waals surface area contributed by atoms with E-state index in [2.05, 4.69) is 35.1 Å². The third-order valence-electron chi connectivity index (χ3n) is 3.25. The van der Waals surface area contributed by atoms with Crippen molar-refractivity contribution in [2.75, 3.05) is 11.4 Å². The molecule has 3 nitrogen and oxygen atoms in total. The Hall–Kier alpha value is -0.870. The lowest BCUT2D eigenvalue weighted by Gasteiger charge is -2.42. The number of carbonyl (C=O) groups is 1. The highest BCUT2D eigenvalue weighted by Gasteiger charge is 2.36. The lowest BCUT2D eigenvalue weighted by atomic mass is 9.97. The monoisotopic (exact) mass is 310 g/mol. The van der Waals surface area contributed by atoms with Crippen molar-refractivity contribution in [1.82, 2.24) is 5.32 Å². The van der Waals surface area contributed by atoms with Gasteiger partial charge in [-0.25, -0.2) is 0 Å². The molecule has 1 aliphatic heterocycles. The Balaban J connectivity index is 2.39. The Morgan fingerprint density at radius 1 is 1.44 bits per heavy atom. The summed E-state index contributed by atoms with van der Waals surface area (Å²) in [6.07, 6.45) is 0. The lowest BCUT2D eigenvalue weighted by Crippen LogP contribution is -2.64. The Labute approximate surface area is 117 Å². The van der Waals surface area contributed by atoms with Crippen LogP contribution in [0.3, 0.4) is 0 Å². The zero-order valence-electron chi connectivity index (χ0n) is 11.2. The van der Waals surface area contributed by atoms with Gasteiger partial charge in [0.2, 0.25) is 5.91 Å². The van der Waals surface area contributed by atoms with E-state index in [0.717, 1.165) is 15.7 Å². The summed E-state index contributed by atoms with van der Waals surface area (Å²) in [6.45, 7) is 8.89. The van der Waals surface area contributed by atoms with Gasteiger partial charge in [-0.2, -0.15) is 0 Å². The first-order valence-electron chi connectivity index (χ1n) is 6.15. The van der Waals surface area contributed by atoms with Crippen molar-refractivity contribution in [2.24, 2.45) is 0 Å². The number of hydrogen-bond donors (Lipinski definition) is 1. The number of rotatable bonds is 1. The van der Waals surface area contributed by atoms with Gasteiger partial charge < -0.3 is 4.90 Å². The summed E-state index contributed by atoms with van der Waals surface area (Å²) in [6, 6.07) is 5.89. The van der Waals surface area contributed by atoms with E-state index in [-0.39, 0.29) is 17.5 Å². The fourth-order valence-corrected chi connectivity index (χ4v) is 3.00. The fraction of sp³-hybridized carbons (Fsp3) is 0.500. The van der Waals surface area contributed by atoms with E-state index in [9.17, 15) is 4.79 Å². The largest absolute Gasteiger partial charge is 0.309 e. The van der Waals surface area contributed by atoms with Gasteiger partial charge in [0.05, 0.1) is 6.04 Å². The highest BCUT2D eigenvalue weighted by Crippen LogP contribution is 2.28. The molecule has 0 spiro atoms. The van der Waals surface area contributed by atoms with Gasteiger partial charge >= 0.3 is 0 Å². The van der Waals surface area contributed by atoms with Crippen molar-refractivity contribution in [3.05, 3.63) is 28.2 Å². The maximum atomic E-state index is 12.3. The molecular formula is C14H19BrN2O. The second-order valence-corrected chi connectivity index (χ2v) is 6.52. The maximum Gasteiger partial charge on any atom is 0.243 e. The fourth-order valence-electron chi connectivity index (χ4n) is 2.53. The molecule has 1 aromatic carbocycles. The van der Waals surface area contributed by atoms with Crippen LogP contribution in [0, 0.1) is 6.92 Å². The van der Waals surface area contributed by atoms with Crippen molar-refractivity contribution in [3.8, 4) is 0 Å². The molecule has 1 saturated heterocycles. The second kappa shape index (κ2) is 4.67. The minimum atomic E-state index is -0.142. The first-order chi connectivity index (χ1) is 8.30. The molecule has 4 heteroatoms. The average Bonchev–Trinajstić information content (AvgIpc) is 2.23. The molecule has 0 bridgehead atoms. The van der Waals surface area contributed by atoms with Crippen LogP contribution in [0.4, 0.5) is 5.69 Å². The van der Waals surface area contributed by atoms with Gasteiger partial charge in [0.25, 0.3) is 0 Å². The zero-order valence-corrected chi connectivity index (χ0v) is 12.8. The predicted octanol–water partition coefficient (Wildman–Crippen LogP) is 2.86. The molecule has 1 aliphatic rings. The molecule has 98 valence electrons. The predicted molar refractivity (Wildman–Crippen MR) is 77.9 cm³/mol. The van der Waals surface area contributed by atoms with Crippen LogP contribution in [-0.4, -0.2) is 24.0 Å². The molecule has 0 saturated carbocycles. The van der Waals surface area contributed by atoms with E-state index in [1.807, 2.05) is 36.9 Å². The molecule has 0 aliphatic carbocycles. The summed E-state index contributed by atoms with van der Waals surface area (Å²) in [5, 5.41) is 3.34. The van der Waals surface area contributed by atoms with E-state index >= 15 is 0 Å². The summed E-state index contributed by atoms with van der Waals surface area (Å²) in [5.74, 6) is 0.139. The van der Waals surface area contributed by atoms with Gasteiger partial charge in [-0.1, -0.05) is 15.9 Å². The number of nitrogens with zero attached hydrogens (tertiary/aromatic N) is 1. The molecular weight excluding hydrogens is 292 g/mol. The number of halogens is 1. The molecule has 2 rings (SSSR count). The Bertz CT molecular complexity index is 485. The summed E-state index contributed by atoms with van der Waals surface area (Å²) < 4.78 is 1.04. The van der Waals surface area contributed by atoms with Gasteiger partial charge in [-0.05, 0) is 51.5 Å². The molecule has 1 amide bonds. The van der Waals surface area contributed by atoms with E-state index in [1.165, 1.54) is 0 Å². The van der Waals surface area contributed by atoms with Crippen molar-refractivity contribution in [2.45, 2.75) is 39.3 Å². The van der Waals surface area contributed by atoms with Crippen molar-refractivity contribution >= 4 is 27.5 Å². The van der Waals surface area contributed by atoms with E-state index in [0.29, 0.717) is 6.54 Å². The van der Waals surface area contributed by atoms with Crippen LogP contribution >= 0.6 is 15.9 Å². The molecule has 1 aromatic rings. The second-order valence-electron chi connectivity index (χ2n) is 5.61. The number of benzene rings is 1. The molecule has 1 atom stereocenters. The average molecular weight is 311 g/mol. The first-order valence-corrected chi connectivity index (χ1v) is 6.95. The molecule has 0 radical (unpaired) electrons. The number of piperazine rings is 1. The molecule has 1 fully saturated rings. The number of nitrogens with one attached hydrogen (secondary N) is 1. The Morgan fingerprint density at radius 3 is 2.72 bits per heavy atom. The van der Waals surface area contributed by atoms with Gasteiger partial charge in [0.15, 0.2) is 0 Å². The van der Waals surface area contributed by atoms with Gasteiger partial charge in [-0.3, -0.25) is 10.1 Å². The quantitative estimate of drug-likeness (QED) is 0.865. The summed E-state index contributed by atoms with van der Waals surface area (Å²) in [7, 11) is 0. The van der Waals surface area contributed by atoms with E-state index in [1.54, 1.807) is 0 Å². The molecule has 1 N–H and O–H groups in total. The van der Waals surface area contributed by atoms with Gasteiger partial charge in [0, 0.05) is 22.2 Å². The maximum absolute atomic E-state index is 12.3. The van der Waals surface area contributed by atoms with Crippen molar-refractivity contribution < 1.29 is 4.79 Å². The Morgan fingerprint density at radius 2 is 2.11 bits per heavy atom. The SMILES string of the molecule is Cc1cc(Br)ccc1N1CC(C)(C)NC(C)C1=O. The third kappa shape index (κ3) is 2.59. The van der Waals surface area contributed by atoms with E-state index in [4.69, 9.17) is 0 Å². The highest BCUT2D eigenvalue weighted by molar-refractivity contribution is 9.10. The summed E-state index contributed by atoms with van der Waals surface area (Å²) >= 11 is 3.45. The van der Waals surface area contributed by atoms with Crippen LogP contribution in [0.1, 0.15) is 26.3 Å². The smallest absolute Gasteiger partial charge is 0.243 e. The minimum Gasteiger partial charge on any atom is -0.309 e.